The van der Waals surface area contributed by atoms with E-state index in [1.807, 2.05) is 12.2 Å². The second kappa shape index (κ2) is 3.07. The third-order valence-electron chi connectivity index (χ3n) is 1.41. The molecule has 0 bridgehead atoms. The van der Waals surface area contributed by atoms with E-state index >= 15 is 0 Å². The lowest BCUT2D eigenvalue weighted by atomic mass is 10.1. The number of nitrogens with two attached hydrogens (primary N) is 2. The lowest BCUT2D eigenvalue weighted by Gasteiger charge is -2.12. The Morgan fingerprint density at radius 2 is 2.00 bits per heavy atom. The third-order valence-corrected chi connectivity index (χ3v) is 1.41. The van der Waals surface area contributed by atoms with Crippen LogP contribution in [0.15, 0.2) is 48.5 Å². The summed E-state index contributed by atoms with van der Waals surface area (Å²) in [6.45, 7) is 3.56. The van der Waals surface area contributed by atoms with Crippen molar-refractivity contribution >= 4 is 0 Å². The second-order valence-corrected chi connectivity index (χ2v) is 2.19. The maximum atomic E-state index is 5.59. The normalized spacial score (nSPS) is 15.4. The molecular weight excluding hydrogens is 138 g/mol. The van der Waals surface area contributed by atoms with Gasteiger partial charge in [0.2, 0.25) is 0 Å². The Balaban J connectivity index is 2.87. The van der Waals surface area contributed by atoms with Crippen LogP contribution in [0.1, 0.15) is 0 Å². The fraction of sp³-hybridized carbons (Fsp3) is 0. The molecule has 0 saturated heterocycles. The van der Waals surface area contributed by atoms with Crippen molar-refractivity contribution in [1.82, 2.24) is 5.01 Å². The van der Waals surface area contributed by atoms with Crippen LogP contribution in [0.2, 0.25) is 0 Å². The third kappa shape index (κ3) is 1.72. The first-order chi connectivity index (χ1) is 5.24. The predicted octanol–water partition coefficient (Wildman–Crippen LogP) is 0.602. The molecule has 0 aromatic carbocycles. The Kier molecular flexibility index (Phi) is 2.13. The summed E-state index contributed by atoms with van der Waals surface area (Å²) in [6, 6.07) is 0. The zero-order valence-electron chi connectivity index (χ0n) is 6.20. The van der Waals surface area contributed by atoms with Crippen molar-refractivity contribution in [2.45, 2.75) is 0 Å². The first-order valence-corrected chi connectivity index (χ1v) is 3.25. The van der Waals surface area contributed by atoms with Gasteiger partial charge in [0, 0.05) is 23.7 Å². The maximum Gasteiger partial charge on any atom is 0.0382 e. The van der Waals surface area contributed by atoms with Crippen LogP contribution < -0.4 is 11.6 Å². The molecule has 0 aromatic heterocycles. The number of hydrazine groups is 1. The largest absolute Gasteiger partial charge is 0.398 e. The minimum atomic E-state index is 0.658. The van der Waals surface area contributed by atoms with E-state index < -0.39 is 0 Å². The van der Waals surface area contributed by atoms with Crippen LogP contribution in [0.4, 0.5) is 0 Å². The summed E-state index contributed by atoms with van der Waals surface area (Å²) in [6.07, 6.45) is 8.72. The second-order valence-electron chi connectivity index (χ2n) is 2.19. The molecule has 0 saturated carbocycles. The van der Waals surface area contributed by atoms with Gasteiger partial charge >= 0.3 is 0 Å². The highest BCUT2D eigenvalue weighted by Crippen LogP contribution is 2.09. The lowest BCUT2D eigenvalue weighted by molar-refractivity contribution is 0.535. The summed E-state index contributed by atoms with van der Waals surface area (Å²) in [5.74, 6) is 5.41. The van der Waals surface area contributed by atoms with E-state index in [1.54, 1.807) is 18.5 Å². The molecule has 3 nitrogen and oxygen atoms in total. The molecule has 1 aliphatic heterocycles. The van der Waals surface area contributed by atoms with Gasteiger partial charge in [-0.05, 0) is 18.2 Å². The van der Waals surface area contributed by atoms with Crippen molar-refractivity contribution in [3.05, 3.63) is 48.5 Å². The van der Waals surface area contributed by atoms with Crippen LogP contribution in [0.3, 0.4) is 0 Å². The van der Waals surface area contributed by atoms with E-state index in [9.17, 15) is 0 Å². The van der Waals surface area contributed by atoms with Gasteiger partial charge in [0.15, 0.2) is 0 Å². The van der Waals surface area contributed by atoms with Gasteiger partial charge in [0.05, 0.1) is 0 Å². The van der Waals surface area contributed by atoms with E-state index in [-0.39, 0.29) is 0 Å². The van der Waals surface area contributed by atoms with Crippen LogP contribution in [0.5, 0.6) is 0 Å². The molecule has 0 fully saturated rings. The molecule has 3 heteroatoms. The zero-order chi connectivity index (χ0) is 8.27. The highest BCUT2D eigenvalue weighted by Gasteiger charge is 1.97. The lowest BCUT2D eigenvalue weighted by Crippen LogP contribution is -2.19. The van der Waals surface area contributed by atoms with Crippen molar-refractivity contribution in [2.24, 2.45) is 11.6 Å². The molecule has 0 radical (unpaired) electrons. The Morgan fingerprint density at radius 3 is 2.45 bits per heavy atom. The van der Waals surface area contributed by atoms with Gasteiger partial charge in [-0.3, -0.25) is 5.01 Å². The van der Waals surface area contributed by atoms with Crippen molar-refractivity contribution < 1.29 is 0 Å². The number of allylic oxidation sites excluding steroid dienone is 4. The fourth-order valence-electron chi connectivity index (χ4n) is 0.748. The molecule has 11 heavy (non-hydrogen) atoms. The van der Waals surface area contributed by atoms with Gasteiger partial charge in [-0.1, -0.05) is 6.58 Å². The molecule has 1 rings (SSSR count). The SMILES string of the molecule is C=CC(N)=C1C=CN(N)C=C1. The number of hydrogen-bond acceptors (Lipinski definition) is 3. The topological polar surface area (TPSA) is 55.3 Å². The summed E-state index contributed by atoms with van der Waals surface area (Å²) in [7, 11) is 0. The minimum Gasteiger partial charge on any atom is -0.398 e. The van der Waals surface area contributed by atoms with E-state index in [4.69, 9.17) is 11.6 Å². The highest BCUT2D eigenvalue weighted by atomic mass is 15.4. The summed E-state index contributed by atoms with van der Waals surface area (Å²) in [4.78, 5) is 0. The average molecular weight is 149 g/mol. The molecule has 0 aromatic rings. The monoisotopic (exact) mass is 149 g/mol. The van der Waals surface area contributed by atoms with Gasteiger partial charge in [0.1, 0.15) is 0 Å². The van der Waals surface area contributed by atoms with Crippen LogP contribution in [-0.2, 0) is 0 Å². The molecule has 0 atom stereocenters. The van der Waals surface area contributed by atoms with Crippen LogP contribution in [-0.4, -0.2) is 5.01 Å². The molecule has 0 amide bonds. The molecule has 1 heterocycles. The van der Waals surface area contributed by atoms with E-state index in [0.717, 1.165) is 5.57 Å². The van der Waals surface area contributed by atoms with Crippen molar-refractivity contribution in [1.29, 1.82) is 0 Å². The van der Waals surface area contributed by atoms with Gasteiger partial charge in [-0.15, -0.1) is 0 Å². The number of hydrogen-bond donors (Lipinski definition) is 2. The zero-order valence-corrected chi connectivity index (χ0v) is 6.20. The van der Waals surface area contributed by atoms with E-state index in [1.165, 1.54) is 5.01 Å². The quantitative estimate of drug-likeness (QED) is 0.537. The number of nitrogens with zero attached hydrogens (tertiary/aromatic N) is 1. The van der Waals surface area contributed by atoms with Crippen molar-refractivity contribution in [3.8, 4) is 0 Å². The maximum absolute atomic E-state index is 5.59. The minimum absolute atomic E-state index is 0.658. The van der Waals surface area contributed by atoms with Crippen molar-refractivity contribution in [2.75, 3.05) is 0 Å². The Hall–Kier alpha value is -1.48. The van der Waals surface area contributed by atoms with E-state index in [0.29, 0.717) is 5.70 Å². The number of rotatable bonds is 1. The van der Waals surface area contributed by atoms with Gasteiger partial charge in [0.25, 0.3) is 0 Å². The van der Waals surface area contributed by atoms with Gasteiger partial charge < -0.3 is 5.73 Å². The smallest absolute Gasteiger partial charge is 0.0382 e. The van der Waals surface area contributed by atoms with Gasteiger partial charge in [-0.2, -0.15) is 0 Å². The summed E-state index contributed by atoms with van der Waals surface area (Å²) >= 11 is 0. The Morgan fingerprint density at radius 1 is 1.45 bits per heavy atom. The van der Waals surface area contributed by atoms with Crippen LogP contribution in [0, 0.1) is 0 Å². The van der Waals surface area contributed by atoms with Crippen molar-refractivity contribution in [3.63, 3.8) is 0 Å². The van der Waals surface area contributed by atoms with E-state index in [2.05, 4.69) is 6.58 Å². The standard InChI is InChI=1S/C8H11N3/c1-2-8(9)7-3-5-11(10)6-4-7/h2-6H,1,9-10H2. The molecule has 0 unspecified atom stereocenters. The molecular formula is C8H11N3. The average Bonchev–Trinajstić information content (AvgIpc) is 2.05. The Labute approximate surface area is 65.9 Å². The molecule has 0 spiro atoms. The Bertz CT molecular complexity index is 232. The molecule has 58 valence electrons. The summed E-state index contributed by atoms with van der Waals surface area (Å²) < 4.78 is 0. The highest BCUT2D eigenvalue weighted by molar-refractivity contribution is 5.40. The molecule has 1 aliphatic rings. The summed E-state index contributed by atoms with van der Waals surface area (Å²) in [5, 5.41) is 1.46. The van der Waals surface area contributed by atoms with Gasteiger partial charge in [-0.25, -0.2) is 5.84 Å². The first-order valence-electron chi connectivity index (χ1n) is 3.25. The first kappa shape index (κ1) is 7.63. The molecule has 4 N–H and O–H groups in total. The van der Waals surface area contributed by atoms with Crippen LogP contribution >= 0.6 is 0 Å². The fourth-order valence-corrected chi connectivity index (χ4v) is 0.748. The summed E-state index contributed by atoms with van der Waals surface area (Å²) in [5.41, 5.74) is 7.18. The van der Waals surface area contributed by atoms with Crippen LogP contribution in [0.25, 0.3) is 0 Å². The predicted molar refractivity (Wildman–Crippen MR) is 45.7 cm³/mol. The molecule has 0 aliphatic carbocycles.